The summed E-state index contributed by atoms with van der Waals surface area (Å²) in [6, 6.07) is 37.2. The van der Waals surface area contributed by atoms with E-state index >= 15 is 0 Å². The van der Waals surface area contributed by atoms with Gasteiger partial charge >= 0.3 is 11.5 Å². The Labute approximate surface area is 542 Å². The molecule has 0 N–H and O–H groups in total. The molecule has 0 atom stereocenters. The molecule has 2 amide bonds. The van der Waals surface area contributed by atoms with Gasteiger partial charge in [-0.15, -0.1) is 10.2 Å². The Hall–Kier alpha value is -8.74. The first-order valence-corrected chi connectivity index (χ1v) is 31.6. The third-order valence-corrected chi connectivity index (χ3v) is 13.1. The molecule has 3 heterocycles. The molecule has 1 aliphatic rings. The minimum Gasteiger partial charge on any atom is -0.491 e. The van der Waals surface area contributed by atoms with E-state index in [-0.39, 0.29) is 71.6 Å². The van der Waals surface area contributed by atoms with Crippen LogP contribution < -0.4 is 29.4 Å². The molecule has 1 aliphatic heterocycles. The zero-order chi connectivity index (χ0) is 69.9. The summed E-state index contributed by atoms with van der Waals surface area (Å²) in [5.41, 5.74) is 4.38. The quantitative estimate of drug-likeness (QED) is 0.0167. The Morgan fingerprint density at radius 3 is 1.52 bits per heavy atom. The van der Waals surface area contributed by atoms with Crippen LogP contribution in [0.25, 0.3) is 21.8 Å². The number of halogens is 4. The highest BCUT2D eigenvalue weighted by Gasteiger charge is 2.31. The van der Waals surface area contributed by atoms with Gasteiger partial charge in [0.05, 0.1) is 40.9 Å². The maximum absolute atomic E-state index is 13.3. The lowest BCUT2D eigenvalue weighted by Gasteiger charge is -2.15. The summed E-state index contributed by atoms with van der Waals surface area (Å²) in [6.45, 7) is 32.6. The molecule has 1 fully saturated rings. The van der Waals surface area contributed by atoms with Gasteiger partial charge in [0.2, 0.25) is 5.82 Å². The van der Waals surface area contributed by atoms with Gasteiger partial charge < -0.3 is 23.9 Å². The van der Waals surface area contributed by atoms with Crippen LogP contribution >= 0.6 is 0 Å². The van der Waals surface area contributed by atoms with E-state index in [1.165, 1.54) is 24.3 Å². The molecule has 0 bridgehead atoms. The molecule has 8 aromatic rings. The van der Waals surface area contributed by atoms with E-state index in [1.807, 2.05) is 148 Å². The van der Waals surface area contributed by atoms with Crippen LogP contribution in [-0.4, -0.2) is 93.0 Å². The Balaban J connectivity index is 0.000000284. The Morgan fingerprint density at radius 1 is 0.527 bits per heavy atom. The molecule has 0 radical (unpaired) electrons. The first-order chi connectivity index (χ1) is 43.6. The predicted molar refractivity (Wildman–Crippen MR) is 349 cm³/mol. The topological polar surface area (TPSA) is 219 Å². The van der Waals surface area contributed by atoms with Gasteiger partial charge in [-0.2, -0.15) is 17.9 Å². The number of hydrogen-bond donors (Lipinski definition) is 0. The summed E-state index contributed by atoms with van der Waals surface area (Å²) in [7, 11) is -3.58. The van der Waals surface area contributed by atoms with Crippen LogP contribution in [0.2, 0.25) is 0 Å². The lowest BCUT2D eigenvalue weighted by Crippen LogP contribution is -2.32. The van der Waals surface area contributed by atoms with Crippen LogP contribution in [0, 0.1) is 56.9 Å². The molecular formula is C69H88F4N6O13S. The number of fused-ring (bicyclic) bond motifs is 2. The van der Waals surface area contributed by atoms with Gasteiger partial charge in [0, 0.05) is 30.2 Å². The van der Waals surface area contributed by atoms with Crippen LogP contribution in [0.15, 0.2) is 137 Å². The fraction of sp³-hybridized carbons (Fsp3) is 0.406. The average Bonchev–Trinajstić information content (AvgIpc) is 1.62. The van der Waals surface area contributed by atoms with Gasteiger partial charge in [-0.25, -0.2) is 13.2 Å². The van der Waals surface area contributed by atoms with Gasteiger partial charge in [0.15, 0.2) is 23.2 Å². The number of carbonyl (C=O) groups excluding carboxylic acids is 3. The molecular weight excluding hydrogens is 1230 g/mol. The van der Waals surface area contributed by atoms with Crippen molar-refractivity contribution >= 4 is 49.7 Å². The highest BCUT2D eigenvalue weighted by atomic mass is 32.2. The van der Waals surface area contributed by atoms with Crippen molar-refractivity contribution in [2.24, 2.45) is 5.92 Å². The number of aromatic nitrogens is 5. The van der Waals surface area contributed by atoms with Crippen LogP contribution in [0.4, 0.5) is 17.6 Å². The summed E-state index contributed by atoms with van der Waals surface area (Å²) in [5.74, 6) is -5.67. The van der Waals surface area contributed by atoms with E-state index in [2.05, 4.69) is 34.5 Å². The SMILES string of the molecule is CC(C)ON1C(=O)CCC1=O.CC(C)On1ncc2ccccc2c1=O.CC(C)On1nnc2ccccc21.Cc1c(F)c(F)c(F)c(OC(C)C)c1F.Cc1ccc(OC(=O)CC(C)C)cc1.Cc1ccc(OC(C)C)cc1.Cc1ccc(S(=O)(=O)OC(C)C)cc1. The van der Waals surface area contributed by atoms with Crippen molar-refractivity contribution in [2.75, 3.05) is 0 Å². The zero-order valence-corrected chi connectivity index (χ0v) is 57.0. The lowest BCUT2D eigenvalue weighted by atomic mass is 10.1. The molecule has 93 heavy (non-hydrogen) atoms. The van der Waals surface area contributed by atoms with Crippen LogP contribution in [0.1, 0.15) is 138 Å². The standard InChI is InChI=1S/C12H16O2.C11H12N2O2.C10H10F4O.C10H14O3S.C10H14O.C9H11N3O.C7H11NO3/c1-9(2)8-12(13)14-11-6-4-10(3)5-7-11;1-8(2)15-13-11(14)10-6-4-3-5-9(10)7-12-13;1-4(2)15-10-7(12)5(3)6(11)8(13)9(10)14;1-8(2)13-14(11,12)10-6-4-9(3)5-7-10;1-8(2)11-10-6-4-9(3)5-7-10;1-7(2)13-12-9-6-4-3-5-8(9)10-11-12;1-5(2)11-8-6(9)3-4-7(8)10/h4-7,9H,8H2,1-3H3;3-8H,1-2H3;4H,1-3H3;4-8H,1-3H3;4-8H,1-3H3;3-7H,1-2H3;5H,3-4H2,1-2H3. The van der Waals surface area contributed by atoms with Gasteiger partial charge in [-0.3, -0.25) is 28.2 Å². The summed E-state index contributed by atoms with van der Waals surface area (Å²) in [6.07, 6.45) is 1.96. The fourth-order valence-corrected chi connectivity index (χ4v) is 8.52. The van der Waals surface area contributed by atoms with Crippen molar-refractivity contribution in [3.63, 3.8) is 0 Å². The minimum absolute atomic E-state index is 0.0728. The van der Waals surface area contributed by atoms with Crippen molar-refractivity contribution < 1.29 is 73.3 Å². The second-order valence-electron chi connectivity index (χ2n) is 23.1. The molecule has 6 aromatic carbocycles. The lowest BCUT2D eigenvalue weighted by molar-refractivity contribution is -0.198. The average molecular weight is 1320 g/mol. The van der Waals surface area contributed by atoms with Crippen molar-refractivity contribution in [1.29, 1.82) is 0 Å². The van der Waals surface area contributed by atoms with Crippen LogP contribution in [0.3, 0.4) is 0 Å². The van der Waals surface area contributed by atoms with Crippen LogP contribution in [-0.2, 0) is 33.5 Å². The fourth-order valence-electron chi connectivity index (χ4n) is 7.44. The van der Waals surface area contributed by atoms with E-state index in [0.29, 0.717) is 23.5 Å². The molecule has 0 unspecified atom stereocenters. The summed E-state index contributed by atoms with van der Waals surface area (Å²) in [5, 5.41) is 14.1. The van der Waals surface area contributed by atoms with Crippen molar-refractivity contribution in [2.45, 2.75) is 185 Å². The number of ether oxygens (including phenoxy) is 3. The normalized spacial score (nSPS) is 11.8. The minimum atomic E-state index is -3.58. The van der Waals surface area contributed by atoms with E-state index in [4.69, 9.17) is 32.9 Å². The molecule has 2 aromatic heterocycles. The number of benzene rings is 6. The van der Waals surface area contributed by atoms with Crippen molar-refractivity contribution in [1.82, 2.24) is 30.2 Å². The number of para-hydroxylation sites is 1. The number of nitrogens with zero attached hydrogens (tertiary/aromatic N) is 6. The number of rotatable bonds is 16. The molecule has 0 saturated carbocycles. The maximum Gasteiger partial charge on any atom is 0.311 e. The van der Waals surface area contributed by atoms with Gasteiger partial charge in [-0.05, 0) is 177 Å². The number of carbonyl (C=O) groups is 3. The largest absolute Gasteiger partial charge is 0.491 e. The number of hydroxylamine groups is 2. The van der Waals surface area contributed by atoms with E-state index < -0.39 is 50.8 Å². The first kappa shape index (κ1) is 78.5. The van der Waals surface area contributed by atoms with E-state index in [9.17, 15) is 45.2 Å². The second kappa shape index (κ2) is 38.3. The maximum atomic E-state index is 13.3. The molecule has 19 nitrogen and oxygen atoms in total. The van der Waals surface area contributed by atoms with Crippen molar-refractivity contribution in [3.05, 3.63) is 183 Å². The van der Waals surface area contributed by atoms with Gasteiger partial charge in [-0.1, -0.05) is 107 Å². The molecule has 1 saturated heterocycles. The first-order valence-electron chi connectivity index (χ1n) is 30.2. The Morgan fingerprint density at radius 2 is 1.01 bits per heavy atom. The molecule has 24 heteroatoms. The highest BCUT2D eigenvalue weighted by molar-refractivity contribution is 7.86. The molecule has 506 valence electrons. The molecule has 0 spiro atoms. The predicted octanol–water partition coefficient (Wildman–Crippen LogP) is 14.2. The summed E-state index contributed by atoms with van der Waals surface area (Å²) in [4.78, 5) is 63.3. The number of aryl methyl sites for hydroxylation is 3. The molecule has 9 rings (SSSR count). The number of amides is 2. The third-order valence-electron chi connectivity index (χ3n) is 11.6. The monoisotopic (exact) mass is 1320 g/mol. The summed E-state index contributed by atoms with van der Waals surface area (Å²) >= 11 is 0. The van der Waals surface area contributed by atoms with Gasteiger partial charge in [0.25, 0.3) is 21.9 Å². The Kier molecular flexibility index (Phi) is 32.3. The number of hydrogen-bond acceptors (Lipinski definition) is 16. The third kappa shape index (κ3) is 27.6. The van der Waals surface area contributed by atoms with Crippen molar-refractivity contribution in [3.8, 4) is 17.2 Å². The van der Waals surface area contributed by atoms with Crippen LogP contribution in [0.5, 0.6) is 17.2 Å². The summed E-state index contributed by atoms with van der Waals surface area (Å²) < 4.78 is 95.4. The van der Waals surface area contributed by atoms with E-state index in [0.717, 1.165) is 50.1 Å². The van der Waals surface area contributed by atoms with Gasteiger partial charge in [0.1, 0.15) is 34.7 Å². The smallest absolute Gasteiger partial charge is 0.311 e. The highest BCUT2D eigenvalue weighted by Crippen LogP contribution is 2.30. The van der Waals surface area contributed by atoms with E-state index in [1.54, 1.807) is 64.2 Å². The number of esters is 1. The molecule has 0 aliphatic carbocycles. The number of imide groups is 1. The zero-order valence-electron chi connectivity index (χ0n) is 56.2. The second-order valence-corrected chi connectivity index (χ2v) is 24.6. The Bertz CT molecular complexity index is 3760.